The van der Waals surface area contributed by atoms with Gasteiger partial charge in [-0.05, 0) is 47.6 Å². The minimum atomic E-state index is -0.551. The average molecular weight is 534 g/mol. The van der Waals surface area contributed by atoms with Crippen LogP contribution in [0.2, 0.25) is 0 Å². The molecule has 8 nitrogen and oxygen atoms in total. The minimum absolute atomic E-state index is 0.000795. The highest BCUT2D eigenvalue weighted by Crippen LogP contribution is 2.48. The number of amides is 2. The topological polar surface area (TPSA) is 109 Å². The van der Waals surface area contributed by atoms with Gasteiger partial charge in [-0.1, -0.05) is 78.9 Å². The zero-order valence-corrected chi connectivity index (χ0v) is 22.6. The van der Waals surface area contributed by atoms with E-state index in [9.17, 15) is 9.59 Å². The number of nitrogens with one attached hydrogen (secondary N) is 2. The van der Waals surface area contributed by atoms with Crippen molar-refractivity contribution in [3.63, 3.8) is 0 Å². The van der Waals surface area contributed by atoms with Crippen LogP contribution in [0.25, 0.3) is 22.3 Å². The van der Waals surface area contributed by atoms with Crippen molar-refractivity contribution in [3.05, 3.63) is 96.2 Å². The Hall–Kier alpha value is -4.90. The van der Waals surface area contributed by atoms with Gasteiger partial charge in [0.05, 0.1) is 24.1 Å². The van der Waals surface area contributed by atoms with Crippen LogP contribution in [0.3, 0.4) is 0 Å². The van der Waals surface area contributed by atoms with Crippen LogP contribution in [-0.4, -0.2) is 28.3 Å². The minimum Gasteiger partial charge on any atom is -0.441 e. The monoisotopic (exact) mass is 533 g/mol. The number of hydrogen-bond donors (Lipinski definition) is 2. The molecule has 3 aromatic carbocycles. The molecule has 4 aromatic rings. The molecular formula is C32H31N5O3. The van der Waals surface area contributed by atoms with Gasteiger partial charge < -0.3 is 10.1 Å². The summed E-state index contributed by atoms with van der Waals surface area (Å²) in [5.41, 5.74) is 5.21. The van der Waals surface area contributed by atoms with E-state index in [-0.39, 0.29) is 5.91 Å². The van der Waals surface area contributed by atoms with Crippen molar-refractivity contribution in [2.45, 2.75) is 37.7 Å². The van der Waals surface area contributed by atoms with E-state index in [2.05, 4.69) is 21.8 Å². The van der Waals surface area contributed by atoms with Crippen LogP contribution in [0.15, 0.2) is 85.1 Å². The summed E-state index contributed by atoms with van der Waals surface area (Å²) >= 11 is 0. The van der Waals surface area contributed by atoms with Crippen LogP contribution < -0.4 is 10.6 Å². The number of nitrogens with zero attached hydrogens (tertiary/aromatic N) is 3. The Kier molecular flexibility index (Phi) is 7.65. The molecule has 8 heteroatoms. The highest BCUT2D eigenvalue weighted by Gasteiger charge is 2.50. The van der Waals surface area contributed by atoms with Crippen molar-refractivity contribution < 1.29 is 14.3 Å². The van der Waals surface area contributed by atoms with Crippen molar-refractivity contribution >= 4 is 17.8 Å². The normalized spacial score (nSPS) is 14.0. The summed E-state index contributed by atoms with van der Waals surface area (Å²) in [7, 11) is 1.77. The van der Waals surface area contributed by atoms with Gasteiger partial charge in [-0.25, -0.2) is 4.79 Å². The standard InChI is InChI=1S/C32H31N5O3/c1-22(23-7-4-3-5-8-23)40-31(39)36-29-28(21-35-37(29)2)26-11-9-24(10-12-26)25-13-15-27(16-14-25)32(17-18-32)30(38)34-20-6-19-33/h3-5,7-16,21-22H,6,17-18,20H2,1-2H3,(H,34,38)(H,36,39)/t22-/m1/s1. The number of aryl methyl sites for hydroxylation is 1. The van der Waals surface area contributed by atoms with E-state index in [0.29, 0.717) is 18.8 Å². The number of benzene rings is 3. The van der Waals surface area contributed by atoms with Crippen molar-refractivity contribution in [3.8, 4) is 28.3 Å². The van der Waals surface area contributed by atoms with Crippen LogP contribution in [0.1, 0.15) is 43.4 Å². The van der Waals surface area contributed by atoms with E-state index in [4.69, 9.17) is 10.00 Å². The molecule has 1 aromatic heterocycles. The molecule has 1 aliphatic carbocycles. The maximum atomic E-state index is 12.7. The quantitative estimate of drug-likeness (QED) is 0.252. The molecule has 0 spiro atoms. The summed E-state index contributed by atoms with van der Waals surface area (Å²) < 4.78 is 7.19. The smallest absolute Gasteiger partial charge is 0.413 e. The fraction of sp³-hybridized carbons (Fsp3) is 0.250. The first-order valence-corrected chi connectivity index (χ1v) is 13.3. The van der Waals surface area contributed by atoms with Gasteiger partial charge in [-0.3, -0.25) is 14.8 Å². The number of rotatable bonds is 9. The van der Waals surface area contributed by atoms with Gasteiger partial charge in [0.25, 0.3) is 0 Å². The predicted octanol–water partition coefficient (Wildman–Crippen LogP) is 6.13. The van der Waals surface area contributed by atoms with E-state index < -0.39 is 17.6 Å². The van der Waals surface area contributed by atoms with Gasteiger partial charge in [-0.2, -0.15) is 10.4 Å². The summed E-state index contributed by atoms with van der Waals surface area (Å²) in [6, 6.07) is 27.8. The number of ether oxygens (including phenoxy) is 1. The number of nitriles is 1. The Labute approximate surface area is 233 Å². The van der Waals surface area contributed by atoms with E-state index in [1.807, 2.05) is 85.8 Å². The van der Waals surface area contributed by atoms with Crippen LogP contribution in [0.4, 0.5) is 10.6 Å². The Morgan fingerprint density at radius 2 is 1.62 bits per heavy atom. The van der Waals surface area contributed by atoms with Crippen LogP contribution in [-0.2, 0) is 22.0 Å². The SMILES string of the molecule is C[C@@H](OC(=O)Nc1c(-c2ccc(-c3ccc(C4(C(=O)NCCC#N)CC4)cc3)cc2)cnn1C)c1ccccc1. The lowest BCUT2D eigenvalue weighted by atomic mass is 9.92. The molecule has 5 rings (SSSR count). The second kappa shape index (κ2) is 11.5. The van der Waals surface area contributed by atoms with Crippen LogP contribution in [0.5, 0.6) is 0 Å². The molecule has 0 radical (unpaired) electrons. The number of carbonyl (C=O) groups excluding carboxylic acids is 2. The van der Waals surface area contributed by atoms with Crippen molar-refractivity contribution in [2.24, 2.45) is 7.05 Å². The third kappa shape index (κ3) is 5.59. The summed E-state index contributed by atoms with van der Waals surface area (Å²) in [4.78, 5) is 25.3. The number of anilines is 1. The Morgan fingerprint density at radius 3 is 2.25 bits per heavy atom. The fourth-order valence-electron chi connectivity index (χ4n) is 4.87. The molecule has 1 aliphatic rings. The van der Waals surface area contributed by atoms with Crippen molar-refractivity contribution in [1.29, 1.82) is 5.26 Å². The van der Waals surface area contributed by atoms with E-state index in [1.54, 1.807) is 17.9 Å². The molecule has 0 bridgehead atoms. The molecular weight excluding hydrogens is 502 g/mol. The maximum Gasteiger partial charge on any atom is 0.413 e. The van der Waals surface area contributed by atoms with Gasteiger partial charge in [0.1, 0.15) is 11.9 Å². The van der Waals surface area contributed by atoms with Crippen molar-refractivity contribution in [1.82, 2.24) is 15.1 Å². The average Bonchev–Trinajstić information content (AvgIpc) is 3.72. The number of hydrogen-bond acceptors (Lipinski definition) is 5. The Balaban J connectivity index is 1.26. The van der Waals surface area contributed by atoms with Crippen molar-refractivity contribution in [2.75, 3.05) is 11.9 Å². The molecule has 1 atom stereocenters. The number of carbonyl (C=O) groups is 2. The molecule has 1 heterocycles. The molecule has 2 N–H and O–H groups in total. The Bertz CT molecular complexity index is 1530. The largest absolute Gasteiger partial charge is 0.441 e. The van der Waals surface area contributed by atoms with Gasteiger partial charge in [-0.15, -0.1) is 0 Å². The van der Waals surface area contributed by atoms with E-state index in [1.165, 1.54) is 0 Å². The molecule has 2 amide bonds. The molecule has 0 unspecified atom stereocenters. The van der Waals surface area contributed by atoms with E-state index >= 15 is 0 Å². The highest BCUT2D eigenvalue weighted by atomic mass is 16.6. The van der Waals surface area contributed by atoms with Crippen LogP contribution >= 0.6 is 0 Å². The molecule has 202 valence electrons. The lowest BCUT2D eigenvalue weighted by Crippen LogP contribution is -2.35. The first kappa shape index (κ1) is 26.7. The fourth-order valence-corrected chi connectivity index (χ4v) is 4.87. The third-order valence-corrected chi connectivity index (χ3v) is 7.39. The first-order chi connectivity index (χ1) is 19.4. The zero-order chi connectivity index (χ0) is 28.1. The second-order valence-electron chi connectivity index (χ2n) is 10.0. The predicted molar refractivity (Wildman–Crippen MR) is 153 cm³/mol. The van der Waals surface area contributed by atoms with Gasteiger partial charge in [0.2, 0.25) is 5.91 Å². The molecule has 1 fully saturated rings. The molecule has 0 aliphatic heterocycles. The second-order valence-corrected chi connectivity index (χ2v) is 10.0. The first-order valence-electron chi connectivity index (χ1n) is 13.3. The lowest BCUT2D eigenvalue weighted by Gasteiger charge is -2.16. The van der Waals surface area contributed by atoms with Gasteiger partial charge in [0.15, 0.2) is 0 Å². The van der Waals surface area contributed by atoms with Crippen LogP contribution in [0, 0.1) is 11.3 Å². The molecule has 0 saturated heterocycles. The van der Waals surface area contributed by atoms with E-state index in [0.717, 1.165) is 46.2 Å². The van der Waals surface area contributed by atoms with Gasteiger partial charge >= 0.3 is 6.09 Å². The summed E-state index contributed by atoms with van der Waals surface area (Å²) in [6.45, 7) is 2.21. The summed E-state index contributed by atoms with van der Waals surface area (Å²) in [5.74, 6) is 0.546. The molecule has 1 saturated carbocycles. The highest BCUT2D eigenvalue weighted by molar-refractivity contribution is 5.92. The van der Waals surface area contributed by atoms with Gasteiger partial charge in [0, 0.05) is 19.2 Å². The Morgan fingerprint density at radius 1 is 1.00 bits per heavy atom. The number of aromatic nitrogens is 2. The zero-order valence-electron chi connectivity index (χ0n) is 22.6. The summed E-state index contributed by atoms with van der Waals surface area (Å²) in [6.07, 6.45) is 2.72. The lowest BCUT2D eigenvalue weighted by molar-refractivity contribution is -0.123. The maximum absolute atomic E-state index is 12.7. The summed E-state index contributed by atoms with van der Waals surface area (Å²) in [5, 5.41) is 18.8. The molecule has 40 heavy (non-hydrogen) atoms. The third-order valence-electron chi connectivity index (χ3n) is 7.39.